The fourth-order valence-corrected chi connectivity index (χ4v) is 5.27. The number of anilines is 2. The van der Waals surface area contributed by atoms with E-state index in [0.717, 1.165) is 55.7 Å². The number of nitrogens with one attached hydrogen (secondary N) is 1. The molecule has 1 aromatic carbocycles. The predicted octanol–water partition coefficient (Wildman–Crippen LogP) is 5.93. The molecule has 9 heteroatoms. The molecule has 0 amide bonds. The molecule has 0 aliphatic carbocycles. The number of halogens is 1. The van der Waals surface area contributed by atoms with E-state index in [0.29, 0.717) is 17.1 Å². The van der Waals surface area contributed by atoms with E-state index in [9.17, 15) is 9.18 Å². The van der Waals surface area contributed by atoms with Gasteiger partial charge in [0.25, 0.3) is 0 Å². The van der Waals surface area contributed by atoms with Crippen LogP contribution in [0.2, 0.25) is 0 Å². The number of Topliss-reactive ketones (excluding diaryl/α,β-unsaturated/α-hetero) is 1. The van der Waals surface area contributed by atoms with Crippen LogP contribution in [-0.2, 0) is 6.54 Å². The first-order chi connectivity index (χ1) is 19.2. The molecule has 40 heavy (non-hydrogen) atoms. The molecule has 0 atom stereocenters. The van der Waals surface area contributed by atoms with Crippen LogP contribution in [0.4, 0.5) is 16.2 Å². The van der Waals surface area contributed by atoms with Crippen molar-refractivity contribution < 1.29 is 9.18 Å². The molecule has 210 valence electrons. The van der Waals surface area contributed by atoms with Crippen LogP contribution in [0.5, 0.6) is 0 Å². The van der Waals surface area contributed by atoms with E-state index in [2.05, 4.69) is 43.1 Å². The standard InChI is InChI=1S/C31H38FN7O/c1-6-37-11-13-38(14-12-37)19-22-7-10-28(33-17-22)35-31-34-18-25(32)29(36-31)24-9-8-23-15-27(30(40)20(2)3)39(21(4)5)26(23)16-24/h7-10,15-18,20-21H,6,11-14,19H2,1-5H3,(H,33,34,35,36). The summed E-state index contributed by atoms with van der Waals surface area (Å²) in [5.41, 5.74) is 3.49. The summed E-state index contributed by atoms with van der Waals surface area (Å²) in [6.07, 6.45) is 3.04. The zero-order chi connectivity index (χ0) is 28.4. The van der Waals surface area contributed by atoms with E-state index in [4.69, 9.17) is 0 Å². The average molecular weight is 544 g/mol. The van der Waals surface area contributed by atoms with Gasteiger partial charge in [0, 0.05) is 67.3 Å². The first-order valence-electron chi connectivity index (χ1n) is 14.1. The maximum absolute atomic E-state index is 15.0. The molecule has 5 rings (SSSR count). The number of benzene rings is 1. The molecule has 0 saturated carbocycles. The summed E-state index contributed by atoms with van der Waals surface area (Å²) in [6.45, 7) is 16.4. The van der Waals surface area contributed by atoms with Gasteiger partial charge in [0.15, 0.2) is 11.6 Å². The lowest BCUT2D eigenvalue weighted by atomic mass is 10.1. The van der Waals surface area contributed by atoms with Gasteiger partial charge >= 0.3 is 0 Å². The fraction of sp³-hybridized carbons (Fsp3) is 0.419. The van der Waals surface area contributed by atoms with E-state index < -0.39 is 5.82 Å². The minimum Gasteiger partial charge on any atom is -0.335 e. The van der Waals surface area contributed by atoms with Crippen LogP contribution in [0.1, 0.15) is 56.7 Å². The van der Waals surface area contributed by atoms with Crippen molar-refractivity contribution in [1.29, 1.82) is 0 Å². The zero-order valence-corrected chi connectivity index (χ0v) is 24.0. The predicted molar refractivity (Wildman–Crippen MR) is 157 cm³/mol. The highest BCUT2D eigenvalue weighted by Crippen LogP contribution is 2.31. The van der Waals surface area contributed by atoms with Gasteiger partial charge in [-0.25, -0.2) is 19.3 Å². The van der Waals surface area contributed by atoms with Crippen molar-refractivity contribution in [2.45, 2.75) is 47.2 Å². The van der Waals surface area contributed by atoms with Gasteiger partial charge in [-0.3, -0.25) is 9.69 Å². The average Bonchev–Trinajstić information content (AvgIpc) is 3.34. The minimum absolute atomic E-state index is 0.0629. The summed E-state index contributed by atoms with van der Waals surface area (Å²) in [5, 5.41) is 4.05. The lowest BCUT2D eigenvalue weighted by Crippen LogP contribution is -2.45. The molecule has 1 saturated heterocycles. The number of likely N-dealkylation sites (N-methyl/N-ethyl adjacent to an activating group) is 1. The number of nitrogens with zero attached hydrogens (tertiary/aromatic N) is 6. The third-order valence-corrected chi connectivity index (χ3v) is 7.54. The Balaban J connectivity index is 1.36. The highest BCUT2D eigenvalue weighted by Gasteiger charge is 2.21. The lowest BCUT2D eigenvalue weighted by molar-refractivity contribution is 0.0929. The molecular weight excluding hydrogens is 505 g/mol. The van der Waals surface area contributed by atoms with Gasteiger partial charge in [0.2, 0.25) is 5.95 Å². The second-order valence-corrected chi connectivity index (χ2v) is 11.1. The van der Waals surface area contributed by atoms with Crippen LogP contribution >= 0.6 is 0 Å². The van der Waals surface area contributed by atoms with Crippen LogP contribution in [-0.4, -0.2) is 67.8 Å². The van der Waals surface area contributed by atoms with Crippen molar-refractivity contribution in [3.63, 3.8) is 0 Å². The Bertz CT molecular complexity index is 1490. The second-order valence-electron chi connectivity index (χ2n) is 11.1. The Hall–Kier alpha value is -3.69. The summed E-state index contributed by atoms with van der Waals surface area (Å²) in [6, 6.07) is 11.6. The fourth-order valence-electron chi connectivity index (χ4n) is 5.27. The molecular formula is C31H38FN7O. The second kappa shape index (κ2) is 11.8. The maximum atomic E-state index is 15.0. The third kappa shape index (κ3) is 5.90. The van der Waals surface area contributed by atoms with Gasteiger partial charge in [0.1, 0.15) is 11.5 Å². The number of hydrogen-bond acceptors (Lipinski definition) is 7. The molecule has 8 nitrogen and oxygen atoms in total. The summed E-state index contributed by atoms with van der Waals surface area (Å²) in [5.74, 6) is 0.315. The highest BCUT2D eigenvalue weighted by atomic mass is 19.1. The van der Waals surface area contributed by atoms with Gasteiger partial charge in [-0.15, -0.1) is 0 Å². The monoisotopic (exact) mass is 543 g/mol. The number of carbonyl (C=O) groups is 1. The van der Waals surface area contributed by atoms with Crippen molar-refractivity contribution in [2.75, 3.05) is 38.0 Å². The zero-order valence-electron chi connectivity index (χ0n) is 24.0. The molecule has 4 aromatic rings. The van der Waals surface area contributed by atoms with E-state index in [1.165, 1.54) is 6.20 Å². The molecule has 3 aromatic heterocycles. The van der Waals surface area contributed by atoms with Crippen molar-refractivity contribution in [1.82, 2.24) is 29.3 Å². The normalized spacial score (nSPS) is 14.9. The largest absolute Gasteiger partial charge is 0.335 e. The molecule has 4 heterocycles. The smallest absolute Gasteiger partial charge is 0.229 e. The Kier molecular flexibility index (Phi) is 8.23. The maximum Gasteiger partial charge on any atom is 0.229 e. The van der Waals surface area contributed by atoms with E-state index in [1.54, 1.807) is 0 Å². The summed E-state index contributed by atoms with van der Waals surface area (Å²) in [7, 11) is 0. The summed E-state index contributed by atoms with van der Waals surface area (Å²) < 4.78 is 17.0. The van der Waals surface area contributed by atoms with Gasteiger partial charge < -0.3 is 14.8 Å². The Morgan fingerprint density at radius 1 is 0.975 bits per heavy atom. The number of piperazine rings is 1. The van der Waals surface area contributed by atoms with Crippen LogP contribution in [0.25, 0.3) is 22.2 Å². The Morgan fingerprint density at radius 2 is 1.73 bits per heavy atom. The SMILES string of the molecule is CCN1CCN(Cc2ccc(Nc3ncc(F)c(-c4ccc5cc(C(=O)C(C)C)n(C(C)C)c5c4)n3)nc2)CC1. The van der Waals surface area contributed by atoms with E-state index in [1.807, 2.05) is 68.8 Å². The van der Waals surface area contributed by atoms with E-state index >= 15 is 0 Å². The molecule has 0 unspecified atom stereocenters. The first-order valence-corrected chi connectivity index (χ1v) is 14.1. The molecule has 1 fully saturated rings. The summed E-state index contributed by atoms with van der Waals surface area (Å²) in [4.78, 5) is 31.0. The van der Waals surface area contributed by atoms with Gasteiger partial charge in [-0.2, -0.15) is 0 Å². The highest BCUT2D eigenvalue weighted by molar-refractivity contribution is 6.01. The molecule has 0 spiro atoms. The van der Waals surface area contributed by atoms with Crippen LogP contribution in [0, 0.1) is 11.7 Å². The number of fused-ring (bicyclic) bond motifs is 1. The molecule has 0 radical (unpaired) electrons. The molecule has 1 N–H and O–H groups in total. The van der Waals surface area contributed by atoms with Gasteiger partial charge in [-0.05, 0) is 44.2 Å². The van der Waals surface area contributed by atoms with Crippen molar-refractivity contribution in [3.05, 3.63) is 65.9 Å². The lowest BCUT2D eigenvalue weighted by Gasteiger charge is -2.33. The minimum atomic E-state index is -0.516. The van der Waals surface area contributed by atoms with Crippen LogP contribution < -0.4 is 5.32 Å². The molecule has 1 aliphatic rings. The van der Waals surface area contributed by atoms with Gasteiger partial charge in [-0.1, -0.05) is 39.0 Å². The molecule has 1 aliphatic heterocycles. The third-order valence-electron chi connectivity index (χ3n) is 7.54. The number of pyridine rings is 1. The Labute approximate surface area is 235 Å². The van der Waals surface area contributed by atoms with Crippen molar-refractivity contribution >= 4 is 28.5 Å². The first kappa shape index (κ1) is 27.9. The Morgan fingerprint density at radius 3 is 2.38 bits per heavy atom. The topological polar surface area (TPSA) is 79.2 Å². The summed E-state index contributed by atoms with van der Waals surface area (Å²) >= 11 is 0. The quantitative estimate of drug-likeness (QED) is 0.262. The molecule has 0 bridgehead atoms. The van der Waals surface area contributed by atoms with Gasteiger partial charge in [0.05, 0.1) is 11.9 Å². The van der Waals surface area contributed by atoms with Crippen molar-refractivity contribution in [3.8, 4) is 11.3 Å². The van der Waals surface area contributed by atoms with Crippen LogP contribution in [0.3, 0.4) is 0 Å². The number of ketones is 1. The van der Waals surface area contributed by atoms with E-state index in [-0.39, 0.29) is 29.4 Å². The number of carbonyl (C=O) groups excluding carboxylic acids is 1. The van der Waals surface area contributed by atoms with Crippen LogP contribution in [0.15, 0.2) is 48.8 Å². The van der Waals surface area contributed by atoms with Crippen molar-refractivity contribution in [2.24, 2.45) is 5.92 Å². The number of aromatic nitrogens is 4. The number of hydrogen-bond donors (Lipinski definition) is 1. The number of rotatable bonds is 9.